The first-order valence-electron chi connectivity index (χ1n) is 13.3. The molecule has 0 aromatic heterocycles. The van der Waals surface area contributed by atoms with Crippen molar-refractivity contribution in [1.29, 1.82) is 0 Å². The summed E-state index contributed by atoms with van der Waals surface area (Å²) in [6.45, 7) is 6.83. The van der Waals surface area contributed by atoms with Gasteiger partial charge in [0.25, 0.3) is 0 Å². The molecule has 1 aliphatic heterocycles. The molecule has 184 valence electrons. The molecule has 0 unspecified atom stereocenters. The third kappa shape index (κ3) is 9.12. The van der Waals surface area contributed by atoms with Crippen molar-refractivity contribution in [3.63, 3.8) is 0 Å². The predicted octanol–water partition coefficient (Wildman–Crippen LogP) is 7.04. The fourth-order valence-electron chi connectivity index (χ4n) is 4.69. The van der Waals surface area contributed by atoms with Gasteiger partial charge in [0.05, 0.1) is 13.2 Å². The number of aliphatic hydroxyl groups is 1. The van der Waals surface area contributed by atoms with Crippen LogP contribution in [0.1, 0.15) is 75.0 Å². The molecule has 2 aromatic carbocycles. The van der Waals surface area contributed by atoms with Crippen molar-refractivity contribution in [1.82, 2.24) is 4.90 Å². The van der Waals surface area contributed by atoms with Crippen LogP contribution in [0.5, 0.6) is 5.75 Å². The van der Waals surface area contributed by atoms with E-state index in [-0.39, 0.29) is 6.61 Å². The molecule has 2 aromatic rings. The molecule has 3 nitrogen and oxygen atoms in total. The Morgan fingerprint density at radius 1 is 0.971 bits per heavy atom. The highest BCUT2D eigenvalue weighted by molar-refractivity contribution is 5.75. The molecule has 3 rings (SSSR count). The largest absolute Gasteiger partial charge is 0.493 e. The number of nitrogens with zero attached hydrogens (tertiary/aromatic N) is 1. The van der Waals surface area contributed by atoms with Crippen LogP contribution in [0.4, 0.5) is 0 Å². The van der Waals surface area contributed by atoms with E-state index in [1.54, 1.807) is 6.08 Å². The number of rotatable bonds is 14. The second-order valence-electron chi connectivity index (χ2n) is 9.30. The maximum Gasteiger partial charge on any atom is 0.122 e. The molecule has 3 heteroatoms. The lowest BCUT2D eigenvalue weighted by atomic mass is 9.97. The Kier molecular flexibility index (Phi) is 12.0. The van der Waals surface area contributed by atoms with Gasteiger partial charge in [-0.05, 0) is 86.1 Å². The average Bonchev–Trinajstić information content (AvgIpc) is 2.88. The van der Waals surface area contributed by atoms with Gasteiger partial charge in [-0.1, -0.05) is 80.8 Å². The molecule has 0 spiro atoms. The molecule has 0 atom stereocenters. The highest BCUT2D eigenvalue weighted by atomic mass is 16.5. The lowest BCUT2D eigenvalue weighted by Gasteiger charge is -2.26. The number of likely N-dealkylation sites (tertiary alicyclic amines) is 1. The van der Waals surface area contributed by atoms with E-state index < -0.39 is 0 Å². The van der Waals surface area contributed by atoms with E-state index in [1.807, 2.05) is 6.08 Å². The third-order valence-corrected chi connectivity index (χ3v) is 6.53. The molecule has 0 radical (unpaired) electrons. The standard InChI is InChI=1S/C31H43NO2/c1-2-14-28(17-13-23-33)29-18-19-31(30(26-29)25-27-15-7-5-8-16-27)34-24-12-4-3-9-20-32-21-10-6-11-22-32/h5,7-8,13-19,26,33H,2-4,6,9-12,20-25H2,1H3/b17-13-,28-14+. The molecule has 1 fully saturated rings. The molecule has 1 heterocycles. The summed E-state index contributed by atoms with van der Waals surface area (Å²) in [5.74, 6) is 0.989. The molecule has 0 saturated carbocycles. The van der Waals surface area contributed by atoms with Gasteiger partial charge in [-0.25, -0.2) is 0 Å². The minimum absolute atomic E-state index is 0.0527. The zero-order valence-electron chi connectivity index (χ0n) is 21.1. The Labute approximate surface area is 207 Å². The van der Waals surface area contributed by atoms with Crippen LogP contribution in [0.2, 0.25) is 0 Å². The molecule has 1 aliphatic rings. The molecule has 1 saturated heterocycles. The number of allylic oxidation sites excluding steroid dienone is 3. The number of hydrogen-bond donors (Lipinski definition) is 1. The number of piperidine rings is 1. The Bertz CT molecular complexity index is 882. The molecule has 0 aliphatic carbocycles. The highest BCUT2D eigenvalue weighted by Crippen LogP contribution is 2.28. The van der Waals surface area contributed by atoms with Gasteiger partial charge in [0.2, 0.25) is 0 Å². The van der Waals surface area contributed by atoms with E-state index in [2.05, 4.69) is 66.4 Å². The summed E-state index contributed by atoms with van der Waals surface area (Å²) in [6.07, 6.45) is 16.9. The second kappa shape index (κ2) is 15.5. The van der Waals surface area contributed by atoms with Crippen molar-refractivity contribution in [2.24, 2.45) is 0 Å². The Morgan fingerprint density at radius 2 is 1.76 bits per heavy atom. The van der Waals surface area contributed by atoms with Crippen LogP contribution in [0.25, 0.3) is 5.57 Å². The normalized spacial score (nSPS) is 15.2. The van der Waals surface area contributed by atoms with E-state index in [1.165, 1.54) is 74.8 Å². The molecule has 1 N–H and O–H groups in total. The molecule has 0 amide bonds. The van der Waals surface area contributed by atoms with Crippen molar-refractivity contribution in [3.8, 4) is 5.75 Å². The van der Waals surface area contributed by atoms with Gasteiger partial charge in [-0.2, -0.15) is 0 Å². The van der Waals surface area contributed by atoms with Crippen LogP contribution in [0.15, 0.2) is 66.8 Å². The van der Waals surface area contributed by atoms with E-state index >= 15 is 0 Å². The number of hydrogen-bond acceptors (Lipinski definition) is 3. The summed E-state index contributed by atoms with van der Waals surface area (Å²) in [5.41, 5.74) is 4.82. The second-order valence-corrected chi connectivity index (χ2v) is 9.30. The number of unbranched alkanes of at least 4 members (excludes halogenated alkanes) is 3. The average molecular weight is 462 g/mol. The highest BCUT2D eigenvalue weighted by Gasteiger charge is 2.10. The molecule has 0 bridgehead atoms. The summed E-state index contributed by atoms with van der Waals surface area (Å²) < 4.78 is 6.29. The van der Waals surface area contributed by atoms with Crippen LogP contribution in [-0.2, 0) is 6.42 Å². The first kappa shape index (κ1) is 26.2. The van der Waals surface area contributed by atoms with Crippen molar-refractivity contribution >= 4 is 5.57 Å². The van der Waals surface area contributed by atoms with Gasteiger partial charge in [0.15, 0.2) is 0 Å². The summed E-state index contributed by atoms with van der Waals surface area (Å²) in [6, 6.07) is 17.1. The number of benzene rings is 2. The molecule has 34 heavy (non-hydrogen) atoms. The third-order valence-electron chi connectivity index (χ3n) is 6.53. The quantitative estimate of drug-likeness (QED) is 0.242. The summed E-state index contributed by atoms with van der Waals surface area (Å²) >= 11 is 0. The van der Waals surface area contributed by atoms with Crippen molar-refractivity contribution < 1.29 is 9.84 Å². The Morgan fingerprint density at radius 3 is 2.53 bits per heavy atom. The lowest BCUT2D eigenvalue weighted by Crippen LogP contribution is -2.30. The zero-order valence-corrected chi connectivity index (χ0v) is 21.1. The van der Waals surface area contributed by atoms with E-state index in [4.69, 9.17) is 4.74 Å². The summed E-state index contributed by atoms with van der Waals surface area (Å²) in [5, 5.41) is 9.23. The van der Waals surface area contributed by atoms with Crippen molar-refractivity contribution in [2.45, 2.75) is 64.7 Å². The van der Waals surface area contributed by atoms with E-state index in [0.717, 1.165) is 37.2 Å². The van der Waals surface area contributed by atoms with Gasteiger partial charge in [0.1, 0.15) is 5.75 Å². The van der Waals surface area contributed by atoms with Gasteiger partial charge >= 0.3 is 0 Å². The van der Waals surface area contributed by atoms with E-state index in [9.17, 15) is 5.11 Å². The van der Waals surface area contributed by atoms with Crippen LogP contribution < -0.4 is 4.74 Å². The minimum atomic E-state index is 0.0527. The zero-order chi connectivity index (χ0) is 23.8. The molecular formula is C31H43NO2. The fraction of sp³-hybridized carbons (Fsp3) is 0.484. The van der Waals surface area contributed by atoms with E-state index in [0.29, 0.717) is 0 Å². The minimum Gasteiger partial charge on any atom is -0.493 e. The summed E-state index contributed by atoms with van der Waals surface area (Å²) in [7, 11) is 0. The van der Waals surface area contributed by atoms with Gasteiger partial charge in [-0.15, -0.1) is 0 Å². The Hall–Kier alpha value is -2.36. The van der Waals surface area contributed by atoms with Crippen molar-refractivity contribution in [3.05, 3.63) is 83.4 Å². The Balaban J connectivity index is 1.57. The van der Waals surface area contributed by atoms with Gasteiger partial charge in [-0.3, -0.25) is 0 Å². The first-order valence-corrected chi connectivity index (χ1v) is 13.3. The van der Waals surface area contributed by atoms with Crippen LogP contribution in [0.3, 0.4) is 0 Å². The lowest BCUT2D eigenvalue weighted by molar-refractivity contribution is 0.223. The molecular weight excluding hydrogens is 418 g/mol. The smallest absolute Gasteiger partial charge is 0.122 e. The van der Waals surface area contributed by atoms with Crippen LogP contribution >= 0.6 is 0 Å². The SMILES string of the molecule is CC/C=C(\C=C/CO)c1ccc(OCCCCCCN2CCCCC2)c(Cc2ccccc2)c1. The number of aliphatic hydroxyl groups excluding tert-OH is 1. The predicted molar refractivity (Wildman–Crippen MR) is 144 cm³/mol. The first-order chi connectivity index (χ1) is 16.8. The monoisotopic (exact) mass is 461 g/mol. The number of ether oxygens (including phenoxy) is 1. The van der Waals surface area contributed by atoms with Gasteiger partial charge in [0, 0.05) is 6.42 Å². The topological polar surface area (TPSA) is 32.7 Å². The fourth-order valence-corrected chi connectivity index (χ4v) is 4.69. The van der Waals surface area contributed by atoms with Crippen LogP contribution in [-0.4, -0.2) is 42.9 Å². The van der Waals surface area contributed by atoms with Crippen LogP contribution in [0, 0.1) is 0 Å². The van der Waals surface area contributed by atoms with Crippen molar-refractivity contribution in [2.75, 3.05) is 32.8 Å². The maximum absolute atomic E-state index is 9.23. The van der Waals surface area contributed by atoms with Gasteiger partial charge < -0.3 is 14.7 Å². The maximum atomic E-state index is 9.23. The summed E-state index contributed by atoms with van der Waals surface area (Å²) in [4.78, 5) is 2.63.